The van der Waals surface area contributed by atoms with Gasteiger partial charge in [0.1, 0.15) is 5.75 Å². The summed E-state index contributed by atoms with van der Waals surface area (Å²) in [5.74, 6) is 0.458. The molecular formula is C9H5ClN2O. The molecular weight excluding hydrogens is 188 g/mol. The van der Waals surface area contributed by atoms with Crippen molar-refractivity contribution >= 4 is 22.5 Å². The summed E-state index contributed by atoms with van der Waals surface area (Å²) in [6, 6.07) is 5.22. The highest BCUT2D eigenvalue weighted by Gasteiger charge is 2.03. The van der Waals surface area contributed by atoms with Crippen molar-refractivity contribution in [1.29, 1.82) is 5.26 Å². The second-order valence-electron chi connectivity index (χ2n) is 2.54. The Balaban J connectivity index is 2.64. The predicted octanol–water partition coefficient (Wildman–Crippen LogP) is 2.68. The Morgan fingerprint density at radius 3 is 3.08 bits per heavy atom. The number of aromatic nitrogens is 1. The van der Waals surface area contributed by atoms with Crippen molar-refractivity contribution < 1.29 is 4.74 Å². The lowest BCUT2D eigenvalue weighted by molar-refractivity contribution is 0.508. The van der Waals surface area contributed by atoms with E-state index in [2.05, 4.69) is 9.72 Å². The fourth-order valence-electron chi connectivity index (χ4n) is 1.21. The number of hydrogen-bond acceptors (Lipinski definition) is 2. The van der Waals surface area contributed by atoms with E-state index in [0.717, 1.165) is 10.9 Å². The van der Waals surface area contributed by atoms with Crippen molar-refractivity contribution in [1.82, 2.24) is 4.98 Å². The molecule has 1 N–H and O–H groups in total. The summed E-state index contributed by atoms with van der Waals surface area (Å²) >= 11 is 5.92. The van der Waals surface area contributed by atoms with Crippen molar-refractivity contribution in [3.05, 3.63) is 29.4 Å². The van der Waals surface area contributed by atoms with Crippen molar-refractivity contribution in [3.8, 4) is 12.0 Å². The first-order chi connectivity index (χ1) is 6.31. The molecule has 3 nitrogen and oxygen atoms in total. The van der Waals surface area contributed by atoms with Gasteiger partial charge in [-0.1, -0.05) is 11.6 Å². The van der Waals surface area contributed by atoms with Gasteiger partial charge in [-0.05, 0) is 12.1 Å². The van der Waals surface area contributed by atoms with E-state index in [9.17, 15) is 0 Å². The fraction of sp³-hybridized carbons (Fsp3) is 0. The molecule has 0 bridgehead atoms. The lowest BCUT2D eigenvalue weighted by atomic mass is 10.2. The molecule has 0 aliphatic rings. The van der Waals surface area contributed by atoms with Gasteiger partial charge in [-0.25, -0.2) is 0 Å². The van der Waals surface area contributed by atoms with Crippen LogP contribution in [0.4, 0.5) is 0 Å². The number of fused-ring (bicyclic) bond motifs is 1. The van der Waals surface area contributed by atoms with Gasteiger partial charge in [0.25, 0.3) is 6.26 Å². The van der Waals surface area contributed by atoms with Crippen LogP contribution < -0.4 is 4.74 Å². The molecule has 0 aliphatic carbocycles. The Morgan fingerprint density at radius 1 is 1.46 bits per heavy atom. The second kappa shape index (κ2) is 3.00. The second-order valence-corrected chi connectivity index (χ2v) is 2.95. The van der Waals surface area contributed by atoms with Gasteiger partial charge in [-0.2, -0.15) is 0 Å². The third kappa shape index (κ3) is 1.32. The number of rotatable bonds is 1. The molecule has 1 heterocycles. The van der Waals surface area contributed by atoms with Gasteiger partial charge in [0.2, 0.25) is 0 Å². The number of nitriles is 1. The van der Waals surface area contributed by atoms with Crippen LogP contribution in [0.2, 0.25) is 5.02 Å². The minimum atomic E-state index is 0.458. The Bertz CT molecular complexity index is 484. The van der Waals surface area contributed by atoms with Gasteiger partial charge in [-0.3, -0.25) is 0 Å². The molecule has 0 fully saturated rings. The van der Waals surface area contributed by atoms with Crippen LogP contribution >= 0.6 is 11.6 Å². The van der Waals surface area contributed by atoms with E-state index in [4.69, 9.17) is 16.9 Å². The lowest BCUT2D eigenvalue weighted by Crippen LogP contribution is -1.81. The third-order valence-corrected chi connectivity index (χ3v) is 2.05. The monoisotopic (exact) mass is 192 g/mol. The van der Waals surface area contributed by atoms with E-state index in [1.54, 1.807) is 24.6 Å². The molecule has 0 spiro atoms. The van der Waals surface area contributed by atoms with Gasteiger partial charge >= 0.3 is 0 Å². The quantitative estimate of drug-likeness (QED) is 0.707. The number of H-pyrrole nitrogens is 1. The van der Waals surface area contributed by atoms with E-state index in [1.165, 1.54) is 0 Å². The van der Waals surface area contributed by atoms with Crippen molar-refractivity contribution in [2.45, 2.75) is 0 Å². The normalized spacial score (nSPS) is 9.85. The number of benzene rings is 1. The molecule has 0 unspecified atom stereocenters. The number of hydrogen-bond donors (Lipinski definition) is 1. The maximum absolute atomic E-state index is 8.31. The van der Waals surface area contributed by atoms with E-state index < -0.39 is 0 Å². The number of ether oxygens (including phenoxy) is 1. The number of aromatic amines is 1. The Hall–Kier alpha value is -1.66. The molecule has 2 aromatic rings. The molecule has 0 saturated heterocycles. The van der Waals surface area contributed by atoms with Crippen LogP contribution in [-0.2, 0) is 0 Å². The zero-order valence-corrected chi connectivity index (χ0v) is 7.30. The summed E-state index contributed by atoms with van der Waals surface area (Å²) in [6.07, 6.45) is 3.38. The predicted molar refractivity (Wildman–Crippen MR) is 49.5 cm³/mol. The Morgan fingerprint density at radius 2 is 2.31 bits per heavy atom. The molecule has 0 aliphatic heterocycles. The molecule has 0 saturated carbocycles. The van der Waals surface area contributed by atoms with Crippen molar-refractivity contribution in [2.24, 2.45) is 0 Å². The maximum Gasteiger partial charge on any atom is 0.292 e. The molecule has 0 radical (unpaired) electrons. The first-order valence-corrected chi connectivity index (χ1v) is 4.01. The Kier molecular flexibility index (Phi) is 1.84. The van der Waals surface area contributed by atoms with Crippen molar-refractivity contribution in [2.75, 3.05) is 0 Å². The minimum absolute atomic E-state index is 0.458. The van der Waals surface area contributed by atoms with Crippen LogP contribution in [0, 0.1) is 11.5 Å². The minimum Gasteiger partial charge on any atom is -0.388 e. The number of nitrogens with zero attached hydrogens (tertiary/aromatic N) is 1. The average molecular weight is 193 g/mol. The zero-order chi connectivity index (χ0) is 9.26. The SMILES string of the molecule is N#COc1cc(Cl)c2[nH]ccc2c1. The summed E-state index contributed by atoms with van der Waals surface area (Å²) in [5.41, 5.74) is 0.854. The molecule has 0 atom stereocenters. The van der Waals surface area contributed by atoms with Crippen LogP contribution in [0.3, 0.4) is 0 Å². The molecule has 2 rings (SSSR count). The van der Waals surface area contributed by atoms with E-state index >= 15 is 0 Å². The van der Waals surface area contributed by atoms with Gasteiger partial charge in [-0.15, -0.1) is 5.26 Å². The molecule has 0 amide bonds. The number of halogens is 1. The van der Waals surface area contributed by atoms with Gasteiger partial charge < -0.3 is 9.72 Å². The fourth-order valence-corrected chi connectivity index (χ4v) is 1.48. The first kappa shape index (κ1) is 7.96. The molecule has 1 aromatic heterocycles. The zero-order valence-electron chi connectivity index (χ0n) is 6.54. The van der Waals surface area contributed by atoms with E-state index in [1.807, 2.05) is 6.07 Å². The lowest BCUT2D eigenvalue weighted by Gasteiger charge is -1.98. The highest BCUT2D eigenvalue weighted by atomic mass is 35.5. The van der Waals surface area contributed by atoms with E-state index in [-0.39, 0.29) is 0 Å². The Labute approximate surface area is 79.5 Å². The topological polar surface area (TPSA) is 48.8 Å². The highest BCUT2D eigenvalue weighted by Crippen LogP contribution is 2.27. The van der Waals surface area contributed by atoms with Gasteiger partial charge in [0, 0.05) is 17.6 Å². The standard InChI is InChI=1S/C9H5ClN2O/c10-8-4-7(13-5-11)3-6-1-2-12-9(6)8/h1-4,12H. The summed E-state index contributed by atoms with van der Waals surface area (Å²) in [5, 5.41) is 9.79. The highest BCUT2D eigenvalue weighted by molar-refractivity contribution is 6.35. The van der Waals surface area contributed by atoms with Crippen LogP contribution in [0.25, 0.3) is 10.9 Å². The largest absolute Gasteiger partial charge is 0.388 e. The summed E-state index contributed by atoms with van der Waals surface area (Å²) in [7, 11) is 0. The van der Waals surface area contributed by atoms with Gasteiger partial charge in [0.15, 0.2) is 0 Å². The molecule has 1 aromatic carbocycles. The van der Waals surface area contributed by atoms with Crippen LogP contribution in [0.1, 0.15) is 0 Å². The van der Waals surface area contributed by atoms with Gasteiger partial charge in [0.05, 0.1) is 10.5 Å². The summed E-state index contributed by atoms with van der Waals surface area (Å²) in [6.45, 7) is 0. The molecule has 4 heteroatoms. The molecule has 13 heavy (non-hydrogen) atoms. The van der Waals surface area contributed by atoms with Crippen LogP contribution in [0.5, 0.6) is 5.75 Å². The maximum atomic E-state index is 8.31. The smallest absolute Gasteiger partial charge is 0.292 e. The summed E-state index contributed by atoms with van der Waals surface area (Å²) in [4.78, 5) is 2.99. The molecule has 64 valence electrons. The summed E-state index contributed by atoms with van der Waals surface area (Å²) < 4.78 is 4.67. The van der Waals surface area contributed by atoms with Crippen LogP contribution in [-0.4, -0.2) is 4.98 Å². The third-order valence-electron chi connectivity index (χ3n) is 1.75. The van der Waals surface area contributed by atoms with Crippen LogP contribution in [0.15, 0.2) is 24.4 Å². The van der Waals surface area contributed by atoms with Crippen molar-refractivity contribution in [3.63, 3.8) is 0 Å². The number of nitrogens with one attached hydrogen (secondary N) is 1. The van der Waals surface area contributed by atoms with E-state index in [0.29, 0.717) is 10.8 Å². The average Bonchev–Trinajstić information content (AvgIpc) is 2.53. The first-order valence-electron chi connectivity index (χ1n) is 3.64.